The third-order valence-electron chi connectivity index (χ3n) is 3.39. The topological polar surface area (TPSA) is 69.6 Å². The third kappa shape index (κ3) is 4.23. The number of carboxylic acids is 1. The number of hydrogen-bond donors (Lipinski definition) is 2. The van der Waals surface area contributed by atoms with Crippen molar-refractivity contribution in [1.29, 1.82) is 0 Å². The molecule has 20 heavy (non-hydrogen) atoms. The highest BCUT2D eigenvalue weighted by Crippen LogP contribution is 2.19. The van der Waals surface area contributed by atoms with Gasteiger partial charge in [-0.2, -0.15) is 0 Å². The summed E-state index contributed by atoms with van der Waals surface area (Å²) in [6.07, 6.45) is 0.897. The van der Waals surface area contributed by atoms with Gasteiger partial charge in [0.1, 0.15) is 0 Å². The summed E-state index contributed by atoms with van der Waals surface area (Å²) in [6.45, 7) is 1.63. The van der Waals surface area contributed by atoms with Gasteiger partial charge in [-0.1, -0.05) is 28.1 Å². The minimum Gasteiger partial charge on any atom is -0.481 e. The first-order valence-corrected chi connectivity index (χ1v) is 7.33. The number of benzene rings is 1. The Balaban J connectivity index is 1.78. The minimum atomic E-state index is -0.799. The van der Waals surface area contributed by atoms with Crippen molar-refractivity contribution >= 4 is 27.9 Å². The zero-order valence-electron chi connectivity index (χ0n) is 11.0. The summed E-state index contributed by atoms with van der Waals surface area (Å²) < 4.78 is 1.00. The Morgan fingerprint density at radius 3 is 2.70 bits per heavy atom. The van der Waals surface area contributed by atoms with E-state index < -0.39 is 5.97 Å². The molecular formula is C14H17BrN2O3. The first-order chi connectivity index (χ1) is 9.54. The average molecular weight is 341 g/mol. The number of aliphatic carboxylic acids is 1. The molecule has 0 bridgehead atoms. The second-order valence-electron chi connectivity index (χ2n) is 4.98. The molecule has 1 heterocycles. The smallest absolute Gasteiger partial charge is 0.317 e. The van der Waals surface area contributed by atoms with Crippen LogP contribution in [-0.2, 0) is 11.3 Å². The SMILES string of the molecule is O=C(O)CC1CCN(C(=O)NCc2ccc(Br)cc2)C1. The van der Waals surface area contributed by atoms with E-state index in [1.165, 1.54) is 0 Å². The van der Waals surface area contributed by atoms with Crippen LogP contribution in [0.1, 0.15) is 18.4 Å². The molecule has 2 amide bonds. The predicted molar refractivity (Wildman–Crippen MR) is 78.3 cm³/mol. The van der Waals surface area contributed by atoms with E-state index in [0.717, 1.165) is 16.5 Å². The molecule has 1 atom stereocenters. The van der Waals surface area contributed by atoms with E-state index in [2.05, 4.69) is 21.2 Å². The number of carboxylic acid groups (broad SMARTS) is 1. The summed E-state index contributed by atoms with van der Waals surface area (Å²) in [5.41, 5.74) is 1.03. The number of nitrogens with one attached hydrogen (secondary N) is 1. The van der Waals surface area contributed by atoms with Crippen molar-refractivity contribution in [3.05, 3.63) is 34.3 Å². The van der Waals surface area contributed by atoms with Crippen molar-refractivity contribution in [2.45, 2.75) is 19.4 Å². The zero-order chi connectivity index (χ0) is 14.5. The number of carbonyl (C=O) groups is 2. The van der Waals surface area contributed by atoms with Crippen LogP contribution in [0.5, 0.6) is 0 Å². The number of urea groups is 1. The molecule has 1 aliphatic rings. The Morgan fingerprint density at radius 2 is 2.05 bits per heavy atom. The van der Waals surface area contributed by atoms with E-state index in [4.69, 9.17) is 5.11 Å². The Labute approximate surface area is 126 Å². The fourth-order valence-corrected chi connectivity index (χ4v) is 2.59. The largest absolute Gasteiger partial charge is 0.481 e. The van der Waals surface area contributed by atoms with E-state index in [1.807, 2.05) is 24.3 Å². The molecule has 0 aromatic heterocycles. The molecule has 2 N–H and O–H groups in total. The van der Waals surface area contributed by atoms with Crippen LogP contribution in [0.4, 0.5) is 4.79 Å². The Kier molecular flexibility index (Phi) is 5.00. The first kappa shape index (κ1) is 14.8. The van der Waals surface area contributed by atoms with Crippen molar-refractivity contribution in [1.82, 2.24) is 10.2 Å². The average Bonchev–Trinajstić information content (AvgIpc) is 2.85. The predicted octanol–water partition coefficient (Wildman–Crippen LogP) is 2.46. The fraction of sp³-hybridized carbons (Fsp3) is 0.429. The Bertz CT molecular complexity index is 490. The van der Waals surface area contributed by atoms with Gasteiger partial charge in [-0.15, -0.1) is 0 Å². The summed E-state index contributed by atoms with van der Waals surface area (Å²) in [7, 11) is 0. The zero-order valence-corrected chi connectivity index (χ0v) is 12.6. The lowest BCUT2D eigenvalue weighted by molar-refractivity contribution is -0.138. The van der Waals surface area contributed by atoms with Crippen LogP contribution < -0.4 is 5.32 Å². The standard InChI is InChI=1S/C14H17BrN2O3/c15-12-3-1-10(2-4-12)8-16-14(20)17-6-5-11(9-17)7-13(18)19/h1-4,11H,5-9H2,(H,16,20)(H,18,19). The van der Waals surface area contributed by atoms with E-state index in [-0.39, 0.29) is 18.4 Å². The maximum Gasteiger partial charge on any atom is 0.317 e. The van der Waals surface area contributed by atoms with Crippen LogP contribution in [0.25, 0.3) is 0 Å². The van der Waals surface area contributed by atoms with Crippen LogP contribution in [0, 0.1) is 5.92 Å². The highest BCUT2D eigenvalue weighted by Gasteiger charge is 2.27. The van der Waals surface area contributed by atoms with Gasteiger partial charge in [0, 0.05) is 30.5 Å². The van der Waals surface area contributed by atoms with Gasteiger partial charge in [0.25, 0.3) is 0 Å². The molecule has 1 aromatic carbocycles. The molecule has 2 rings (SSSR count). The van der Waals surface area contributed by atoms with Crippen molar-refractivity contribution in [2.24, 2.45) is 5.92 Å². The van der Waals surface area contributed by atoms with Gasteiger partial charge in [0.05, 0.1) is 0 Å². The van der Waals surface area contributed by atoms with Gasteiger partial charge in [-0.25, -0.2) is 4.79 Å². The van der Waals surface area contributed by atoms with Gasteiger partial charge < -0.3 is 15.3 Å². The summed E-state index contributed by atoms with van der Waals surface area (Å²) in [6, 6.07) is 7.63. The van der Waals surface area contributed by atoms with Gasteiger partial charge in [-0.05, 0) is 30.0 Å². The van der Waals surface area contributed by atoms with E-state index in [1.54, 1.807) is 4.90 Å². The van der Waals surface area contributed by atoms with Gasteiger partial charge in [0.15, 0.2) is 0 Å². The number of amides is 2. The molecule has 0 radical (unpaired) electrons. The van der Waals surface area contributed by atoms with E-state index in [9.17, 15) is 9.59 Å². The molecule has 5 nitrogen and oxygen atoms in total. The molecule has 108 valence electrons. The minimum absolute atomic E-state index is 0.0749. The van der Waals surface area contributed by atoms with Gasteiger partial charge >= 0.3 is 12.0 Å². The highest BCUT2D eigenvalue weighted by atomic mass is 79.9. The molecular weight excluding hydrogens is 324 g/mol. The number of nitrogens with zero attached hydrogens (tertiary/aromatic N) is 1. The number of hydrogen-bond acceptors (Lipinski definition) is 2. The van der Waals surface area contributed by atoms with E-state index >= 15 is 0 Å². The molecule has 0 saturated carbocycles. The summed E-state index contributed by atoms with van der Waals surface area (Å²) >= 11 is 3.36. The number of likely N-dealkylation sites (tertiary alicyclic amines) is 1. The van der Waals surface area contributed by atoms with Crippen molar-refractivity contribution in [2.75, 3.05) is 13.1 Å². The Hall–Kier alpha value is -1.56. The summed E-state index contributed by atoms with van der Waals surface area (Å²) in [4.78, 5) is 24.3. The second kappa shape index (κ2) is 6.74. The van der Waals surface area contributed by atoms with Crippen LogP contribution in [0.2, 0.25) is 0 Å². The summed E-state index contributed by atoms with van der Waals surface area (Å²) in [5.74, 6) is -0.724. The number of rotatable bonds is 4. The van der Waals surface area contributed by atoms with Crippen LogP contribution >= 0.6 is 15.9 Å². The molecule has 1 saturated heterocycles. The molecule has 6 heteroatoms. The van der Waals surface area contributed by atoms with Crippen LogP contribution in [0.3, 0.4) is 0 Å². The van der Waals surface area contributed by atoms with Crippen molar-refractivity contribution in [3.63, 3.8) is 0 Å². The second-order valence-corrected chi connectivity index (χ2v) is 5.90. The normalized spacial score (nSPS) is 18.1. The first-order valence-electron chi connectivity index (χ1n) is 6.53. The fourth-order valence-electron chi connectivity index (χ4n) is 2.32. The monoisotopic (exact) mass is 340 g/mol. The third-order valence-corrected chi connectivity index (χ3v) is 3.92. The van der Waals surface area contributed by atoms with Crippen LogP contribution in [-0.4, -0.2) is 35.1 Å². The van der Waals surface area contributed by atoms with Crippen molar-refractivity contribution < 1.29 is 14.7 Å². The lowest BCUT2D eigenvalue weighted by atomic mass is 10.1. The molecule has 1 aliphatic heterocycles. The van der Waals surface area contributed by atoms with Gasteiger partial charge in [-0.3, -0.25) is 4.79 Å². The van der Waals surface area contributed by atoms with Crippen LogP contribution in [0.15, 0.2) is 28.7 Å². The van der Waals surface area contributed by atoms with Crippen molar-refractivity contribution in [3.8, 4) is 0 Å². The molecule has 1 aromatic rings. The lowest BCUT2D eigenvalue weighted by Gasteiger charge is -2.17. The number of halogens is 1. The molecule has 1 unspecified atom stereocenters. The quantitative estimate of drug-likeness (QED) is 0.884. The maximum absolute atomic E-state index is 12.0. The molecule has 0 spiro atoms. The number of carbonyl (C=O) groups excluding carboxylic acids is 1. The Morgan fingerprint density at radius 1 is 1.35 bits per heavy atom. The lowest BCUT2D eigenvalue weighted by Crippen LogP contribution is -2.38. The molecule has 0 aliphatic carbocycles. The highest BCUT2D eigenvalue weighted by molar-refractivity contribution is 9.10. The van der Waals surface area contributed by atoms with E-state index in [0.29, 0.717) is 19.6 Å². The summed E-state index contributed by atoms with van der Waals surface area (Å²) in [5, 5.41) is 11.6. The maximum atomic E-state index is 12.0. The molecule has 1 fully saturated rings. The van der Waals surface area contributed by atoms with Gasteiger partial charge in [0.2, 0.25) is 0 Å².